The Kier molecular flexibility index (Phi) is 3.15. The highest BCUT2D eigenvalue weighted by molar-refractivity contribution is 4.76. The van der Waals surface area contributed by atoms with E-state index in [0.29, 0.717) is 11.5 Å². The molecule has 0 saturated heterocycles. The first-order valence-corrected chi connectivity index (χ1v) is 3.50. The van der Waals surface area contributed by atoms with E-state index in [4.69, 9.17) is 5.84 Å². The Balaban J connectivity index is 3.80. The van der Waals surface area contributed by atoms with Crippen molar-refractivity contribution in [2.75, 3.05) is 0 Å². The Bertz CT molecular complexity index is 79.0. The highest BCUT2D eigenvalue weighted by Gasteiger charge is 2.21. The molecular weight excluding hydrogens is 112 g/mol. The molecule has 3 N–H and O–H groups in total. The van der Waals surface area contributed by atoms with Crippen molar-refractivity contribution >= 4 is 0 Å². The monoisotopic (exact) mass is 130 g/mol. The number of hydrazine groups is 1. The first kappa shape index (κ1) is 8.92. The zero-order chi connectivity index (χ0) is 7.49. The van der Waals surface area contributed by atoms with Crippen LogP contribution in [-0.4, -0.2) is 6.04 Å². The molecule has 0 spiro atoms. The fourth-order valence-electron chi connectivity index (χ4n) is 0.532. The molecule has 1 atom stereocenters. The Morgan fingerprint density at radius 1 is 1.56 bits per heavy atom. The molecule has 0 aliphatic carbocycles. The maximum atomic E-state index is 5.28. The van der Waals surface area contributed by atoms with Crippen molar-refractivity contribution in [3.63, 3.8) is 0 Å². The third-order valence-electron chi connectivity index (χ3n) is 2.33. The van der Waals surface area contributed by atoms with Gasteiger partial charge in [0.05, 0.1) is 0 Å². The van der Waals surface area contributed by atoms with Crippen LogP contribution in [0.3, 0.4) is 0 Å². The summed E-state index contributed by atoms with van der Waals surface area (Å²) >= 11 is 0. The van der Waals surface area contributed by atoms with Gasteiger partial charge in [-0.05, 0) is 18.8 Å². The fourth-order valence-corrected chi connectivity index (χ4v) is 0.532. The SMILES string of the molecule is CCC(C)(C)C(C)NN. The van der Waals surface area contributed by atoms with Crippen molar-refractivity contribution in [1.82, 2.24) is 5.43 Å². The van der Waals surface area contributed by atoms with Crippen LogP contribution in [0.15, 0.2) is 0 Å². The van der Waals surface area contributed by atoms with E-state index in [1.165, 1.54) is 0 Å². The smallest absolute Gasteiger partial charge is 0.0233 e. The number of nitrogens with two attached hydrogens (primary N) is 1. The first-order valence-electron chi connectivity index (χ1n) is 3.50. The Hall–Kier alpha value is -0.0800. The second kappa shape index (κ2) is 3.18. The van der Waals surface area contributed by atoms with E-state index >= 15 is 0 Å². The molecule has 0 aromatic heterocycles. The van der Waals surface area contributed by atoms with Gasteiger partial charge in [-0.15, -0.1) is 0 Å². The number of hydrogen-bond donors (Lipinski definition) is 2. The molecule has 0 aliphatic heterocycles. The minimum atomic E-state index is 0.314. The standard InChI is InChI=1S/C7H18N2/c1-5-7(3,4)6(2)9-8/h6,9H,5,8H2,1-4H3. The minimum Gasteiger partial charge on any atom is -0.271 e. The Morgan fingerprint density at radius 2 is 2.00 bits per heavy atom. The van der Waals surface area contributed by atoms with Gasteiger partial charge in [0, 0.05) is 6.04 Å². The molecule has 2 nitrogen and oxygen atoms in total. The second-order valence-corrected chi connectivity index (χ2v) is 3.23. The quantitative estimate of drug-likeness (QED) is 0.446. The molecule has 2 heteroatoms. The van der Waals surface area contributed by atoms with Crippen LogP contribution in [0.4, 0.5) is 0 Å². The van der Waals surface area contributed by atoms with Crippen LogP contribution in [0, 0.1) is 5.41 Å². The lowest BCUT2D eigenvalue weighted by Crippen LogP contribution is -2.43. The molecule has 0 aromatic carbocycles. The molecule has 0 saturated carbocycles. The zero-order valence-corrected chi connectivity index (χ0v) is 6.86. The summed E-state index contributed by atoms with van der Waals surface area (Å²) in [7, 11) is 0. The molecule has 0 heterocycles. The molecule has 1 unspecified atom stereocenters. The van der Waals surface area contributed by atoms with Crippen molar-refractivity contribution in [3.8, 4) is 0 Å². The van der Waals surface area contributed by atoms with Gasteiger partial charge in [0.15, 0.2) is 0 Å². The van der Waals surface area contributed by atoms with Crippen LogP contribution >= 0.6 is 0 Å². The second-order valence-electron chi connectivity index (χ2n) is 3.23. The number of rotatable bonds is 3. The zero-order valence-electron chi connectivity index (χ0n) is 6.86. The summed E-state index contributed by atoms with van der Waals surface area (Å²) in [5, 5.41) is 0. The average molecular weight is 130 g/mol. The van der Waals surface area contributed by atoms with Gasteiger partial charge in [0.25, 0.3) is 0 Å². The van der Waals surface area contributed by atoms with E-state index in [0.717, 1.165) is 6.42 Å². The van der Waals surface area contributed by atoms with E-state index in [1.807, 2.05) is 0 Å². The van der Waals surface area contributed by atoms with E-state index in [1.54, 1.807) is 0 Å². The molecule has 9 heavy (non-hydrogen) atoms. The maximum absolute atomic E-state index is 5.28. The van der Waals surface area contributed by atoms with Crippen molar-refractivity contribution in [2.45, 2.75) is 40.2 Å². The molecule has 56 valence electrons. The van der Waals surface area contributed by atoms with Gasteiger partial charge in [-0.1, -0.05) is 20.8 Å². The lowest BCUT2D eigenvalue weighted by molar-refractivity contribution is 0.249. The lowest BCUT2D eigenvalue weighted by Gasteiger charge is -2.29. The Labute approximate surface area is 57.8 Å². The van der Waals surface area contributed by atoms with E-state index in [9.17, 15) is 0 Å². The van der Waals surface area contributed by atoms with Crippen LogP contribution in [0.25, 0.3) is 0 Å². The number of hydrogen-bond acceptors (Lipinski definition) is 2. The molecule has 0 amide bonds. The van der Waals surface area contributed by atoms with Crippen molar-refractivity contribution in [2.24, 2.45) is 11.3 Å². The van der Waals surface area contributed by atoms with E-state index in [2.05, 4.69) is 33.1 Å². The van der Waals surface area contributed by atoms with Crippen LogP contribution in [0.1, 0.15) is 34.1 Å². The van der Waals surface area contributed by atoms with Gasteiger partial charge < -0.3 is 0 Å². The van der Waals surface area contributed by atoms with Crippen LogP contribution in [0.5, 0.6) is 0 Å². The highest BCUT2D eigenvalue weighted by Crippen LogP contribution is 2.23. The third-order valence-corrected chi connectivity index (χ3v) is 2.33. The molecule has 0 radical (unpaired) electrons. The maximum Gasteiger partial charge on any atom is 0.0233 e. The molecule has 0 bridgehead atoms. The summed E-state index contributed by atoms with van der Waals surface area (Å²) in [5.74, 6) is 5.28. The van der Waals surface area contributed by atoms with Gasteiger partial charge in [0.1, 0.15) is 0 Å². The average Bonchev–Trinajstić information content (AvgIpc) is 1.86. The van der Waals surface area contributed by atoms with Gasteiger partial charge in [-0.3, -0.25) is 11.3 Å². The van der Waals surface area contributed by atoms with Crippen LogP contribution in [-0.2, 0) is 0 Å². The molecule has 0 aromatic rings. The Morgan fingerprint density at radius 3 is 2.11 bits per heavy atom. The summed E-state index contributed by atoms with van der Waals surface area (Å²) in [6, 6.07) is 0.391. The van der Waals surface area contributed by atoms with Gasteiger partial charge in [0.2, 0.25) is 0 Å². The molecule has 0 fully saturated rings. The molecule has 0 rings (SSSR count). The van der Waals surface area contributed by atoms with Crippen LogP contribution < -0.4 is 11.3 Å². The summed E-state index contributed by atoms with van der Waals surface area (Å²) in [4.78, 5) is 0. The molecule has 0 aliphatic rings. The molecular formula is C7H18N2. The topological polar surface area (TPSA) is 38.0 Å². The lowest BCUT2D eigenvalue weighted by atomic mass is 9.83. The minimum absolute atomic E-state index is 0.314. The van der Waals surface area contributed by atoms with E-state index in [-0.39, 0.29) is 0 Å². The predicted octanol–water partition coefficient (Wildman–Crippen LogP) is 1.27. The largest absolute Gasteiger partial charge is 0.271 e. The van der Waals surface area contributed by atoms with Crippen molar-refractivity contribution in [1.29, 1.82) is 0 Å². The number of nitrogens with one attached hydrogen (secondary N) is 1. The summed E-state index contributed by atoms with van der Waals surface area (Å²) < 4.78 is 0. The van der Waals surface area contributed by atoms with Gasteiger partial charge in [-0.25, -0.2) is 0 Å². The van der Waals surface area contributed by atoms with Crippen LogP contribution in [0.2, 0.25) is 0 Å². The first-order chi connectivity index (χ1) is 4.04. The summed E-state index contributed by atoms with van der Waals surface area (Å²) in [5.41, 5.74) is 3.07. The summed E-state index contributed by atoms with van der Waals surface area (Å²) in [6.07, 6.45) is 1.15. The third kappa shape index (κ3) is 2.33. The van der Waals surface area contributed by atoms with Gasteiger partial charge >= 0.3 is 0 Å². The summed E-state index contributed by atoms with van der Waals surface area (Å²) in [6.45, 7) is 8.69. The van der Waals surface area contributed by atoms with Gasteiger partial charge in [-0.2, -0.15) is 0 Å². The normalized spacial score (nSPS) is 15.7. The van der Waals surface area contributed by atoms with E-state index < -0.39 is 0 Å². The fraction of sp³-hybridized carbons (Fsp3) is 1.00. The van der Waals surface area contributed by atoms with Crippen molar-refractivity contribution < 1.29 is 0 Å². The highest BCUT2D eigenvalue weighted by atomic mass is 15.2. The van der Waals surface area contributed by atoms with Crippen molar-refractivity contribution in [3.05, 3.63) is 0 Å². The predicted molar refractivity (Wildman–Crippen MR) is 40.9 cm³/mol.